The van der Waals surface area contributed by atoms with Crippen molar-refractivity contribution in [2.45, 2.75) is 39.0 Å². The molecule has 0 spiro atoms. The quantitative estimate of drug-likeness (QED) is 0.878. The van der Waals surface area contributed by atoms with Crippen LogP contribution in [0.1, 0.15) is 39.4 Å². The molecule has 1 aromatic heterocycles. The minimum absolute atomic E-state index is 0.188. The van der Waals surface area contributed by atoms with Crippen LogP contribution < -0.4 is 10.5 Å². The molecule has 0 bridgehead atoms. The van der Waals surface area contributed by atoms with Gasteiger partial charge in [-0.15, -0.1) is 0 Å². The van der Waals surface area contributed by atoms with Crippen LogP contribution in [-0.4, -0.2) is 23.1 Å². The standard InChI is InChI=1S/C16H20FN3O/c1-16(2,3)15-18-11-8-10(17)9-12(13(11)14(21)19-15)20-6-4-5-7-20/h8-9H,4-7H2,1-3H3,(H,18,19,21). The highest BCUT2D eigenvalue weighted by atomic mass is 19.1. The van der Waals surface area contributed by atoms with Crippen molar-refractivity contribution in [3.8, 4) is 0 Å². The van der Waals surface area contributed by atoms with E-state index in [4.69, 9.17) is 0 Å². The maximum Gasteiger partial charge on any atom is 0.260 e. The summed E-state index contributed by atoms with van der Waals surface area (Å²) in [5, 5.41) is 0.492. The fourth-order valence-corrected chi connectivity index (χ4v) is 2.78. The normalized spacial score (nSPS) is 15.9. The van der Waals surface area contributed by atoms with Gasteiger partial charge in [-0.2, -0.15) is 0 Å². The Morgan fingerprint density at radius 2 is 1.90 bits per heavy atom. The third-order valence-corrected chi connectivity index (χ3v) is 3.91. The highest BCUT2D eigenvalue weighted by Crippen LogP contribution is 2.28. The van der Waals surface area contributed by atoms with E-state index in [2.05, 4.69) is 14.9 Å². The molecule has 1 aromatic carbocycles. The summed E-state index contributed by atoms with van der Waals surface area (Å²) in [5.41, 5.74) is 0.627. The molecule has 0 unspecified atom stereocenters. The van der Waals surface area contributed by atoms with Gasteiger partial charge >= 0.3 is 0 Å². The van der Waals surface area contributed by atoms with Gasteiger partial charge in [0, 0.05) is 24.6 Å². The molecule has 1 N–H and O–H groups in total. The molecular weight excluding hydrogens is 269 g/mol. The maximum atomic E-state index is 13.9. The number of nitrogens with zero attached hydrogens (tertiary/aromatic N) is 2. The molecule has 2 aromatic rings. The summed E-state index contributed by atoms with van der Waals surface area (Å²) < 4.78 is 13.9. The van der Waals surface area contributed by atoms with Gasteiger partial charge < -0.3 is 9.88 Å². The van der Waals surface area contributed by atoms with E-state index < -0.39 is 0 Å². The smallest absolute Gasteiger partial charge is 0.260 e. The summed E-state index contributed by atoms with van der Waals surface area (Å²) in [4.78, 5) is 21.9. The van der Waals surface area contributed by atoms with E-state index >= 15 is 0 Å². The number of benzene rings is 1. The first-order valence-corrected chi connectivity index (χ1v) is 7.35. The lowest BCUT2D eigenvalue weighted by Crippen LogP contribution is -2.25. The van der Waals surface area contributed by atoms with Crippen LogP contribution in [0.5, 0.6) is 0 Å². The van der Waals surface area contributed by atoms with Gasteiger partial charge in [0.1, 0.15) is 11.6 Å². The van der Waals surface area contributed by atoms with Crippen LogP contribution in [0.3, 0.4) is 0 Å². The first kappa shape index (κ1) is 14.0. The van der Waals surface area contributed by atoms with E-state index in [0.29, 0.717) is 22.4 Å². The summed E-state index contributed by atoms with van der Waals surface area (Å²) in [6, 6.07) is 2.79. The predicted molar refractivity (Wildman–Crippen MR) is 82.5 cm³/mol. The van der Waals surface area contributed by atoms with Crippen LogP contribution in [0.15, 0.2) is 16.9 Å². The number of aromatic nitrogens is 2. The Morgan fingerprint density at radius 3 is 2.52 bits per heavy atom. The van der Waals surface area contributed by atoms with Crippen molar-refractivity contribution in [1.29, 1.82) is 0 Å². The van der Waals surface area contributed by atoms with Gasteiger partial charge in [-0.1, -0.05) is 20.8 Å². The van der Waals surface area contributed by atoms with Gasteiger partial charge in [-0.25, -0.2) is 9.37 Å². The van der Waals surface area contributed by atoms with E-state index in [9.17, 15) is 9.18 Å². The second-order valence-corrected chi connectivity index (χ2v) is 6.68. The Bertz CT molecular complexity index is 739. The molecule has 1 aliphatic rings. The summed E-state index contributed by atoms with van der Waals surface area (Å²) in [5.74, 6) is 0.236. The number of rotatable bonds is 1. The van der Waals surface area contributed by atoms with Crippen molar-refractivity contribution in [3.63, 3.8) is 0 Å². The molecule has 1 fully saturated rings. The van der Waals surface area contributed by atoms with Crippen molar-refractivity contribution < 1.29 is 4.39 Å². The number of anilines is 1. The second-order valence-electron chi connectivity index (χ2n) is 6.68. The lowest BCUT2D eigenvalue weighted by Gasteiger charge is -2.21. The molecule has 3 rings (SSSR count). The largest absolute Gasteiger partial charge is 0.371 e. The molecule has 0 aliphatic carbocycles. The van der Waals surface area contributed by atoms with Crippen LogP contribution in [-0.2, 0) is 5.41 Å². The molecule has 0 radical (unpaired) electrons. The minimum atomic E-state index is -0.345. The Hall–Kier alpha value is -1.91. The monoisotopic (exact) mass is 289 g/mol. The fraction of sp³-hybridized carbons (Fsp3) is 0.500. The fourth-order valence-electron chi connectivity index (χ4n) is 2.78. The molecule has 21 heavy (non-hydrogen) atoms. The number of hydrogen-bond acceptors (Lipinski definition) is 3. The maximum absolute atomic E-state index is 13.9. The number of aromatic amines is 1. The highest BCUT2D eigenvalue weighted by Gasteiger charge is 2.22. The zero-order valence-corrected chi connectivity index (χ0v) is 12.7. The molecule has 112 valence electrons. The lowest BCUT2D eigenvalue weighted by atomic mass is 9.95. The number of fused-ring (bicyclic) bond motifs is 1. The molecule has 1 aliphatic heterocycles. The third kappa shape index (κ3) is 2.52. The van der Waals surface area contributed by atoms with Crippen LogP contribution in [0, 0.1) is 5.82 Å². The Kier molecular flexibility index (Phi) is 3.23. The first-order valence-electron chi connectivity index (χ1n) is 7.35. The molecule has 2 heterocycles. The first-order chi connectivity index (χ1) is 9.86. The van der Waals surface area contributed by atoms with Crippen LogP contribution in [0.4, 0.5) is 10.1 Å². The van der Waals surface area contributed by atoms with E-state index in [-0.39, 0.29) is 16.8 Å². The summed E-state index contributed by atoms with van der Waals surface area (Å²) in [6.07, 6.45) is 2.15. The molecule has 0 amide bonds. The zero-order chi connectivity index (χ0) is 15.2. The zero-order valence-electron chi connectivity index (χ0n) is 12.7. The molecule has 5 heteroatoms. The summed E-state index contributed by atoms with van der Waals surface area (Å²) >= 11 is 0. The average molecular weight is 289 g/mol. The van der Waals surface area contributed by atoms with Gasteiger partial charge in [-0.3, -0.25) is 4.79 Å². The average Bonchev–Trinajstić information content (AvgIpc) is 2.89. The molecule has 4 nitrogen and oxygen atoms in total. The topological polar surface area (TPSA) is 49.0 Å². The van der Waals surface area contributed by atoms with Crippen molar-refractivity contribution >= 4 is 16.6 Å². The number of nitrogens with one attached hydrogen (secondary N) is 1. The van der Waals surface area contributed by atoms with Gasteiger partial charge in [0.2, 0.25) is 0 Å². The van der Waals surface area contributed by atoms with Crippen LogP contribution in [0.2, 0.25) is 0 Å². The third-order valence-electron chi connectivity index (χ3n) is 3.91. The van der Waals surface area contributed by atoms with Crippen molar-refractivity contribution in [3.05, 3.63) is 34.1 Å². The lowest BCUT2D eigenvalue weighted by molar-refractivity contribution is 0.546. The Balaban J connectivity index is 2.28. The second kappa shape index (κ2) is 4.83. The van der Waals surface area contributed by atoms with E-state index in [0.717, 1.165) is 25.9 Å². The van der Waals surface area contributed by atoms with Gasteiger partial charge in [0.15, 0.2) is 0 Å². The highest BCUT2D eigenvalue weighted by molar-refractivity contribution is 5.91. The Morgan fingerprint density at radius 1 is 1.24 bits per heavy atom. The number of H-pyrrole nitrogens is 1. The minimum Gasteiger partial charge on any atom is -0.371 e. The summed E-state index contributed by atoms with van der Waals surface area (Å²) in [6.45, 7) is 7.63. The van der Waals surface area contributed by atoms with Crippen molar-refractivity contribution in [2.24, 2.45) is 0 Å². The molecule has 0 atom stereocenters. The van der Waals surface area contributed by atoms with E-state index in [1.54, 1.807) is 0 Å². The molecule has 0 saturated carbocycles. The molecular formula is C16H20FN3O. The van der Waals surface area contributed by atoms with Gasteiger partial charge in [0.05, 0.1) is 16.6 Å². The van der Waals surface area contributed by atoms with E-state index in [1.807, 2.05) is 20.8 Å². The van der Waals surface area contributed by atoms with Gasteiger partial charge in [0.25, 0.3) is 5.56 Å². The van der Waals surface area contributed by atoms with Crippen molar-refractivity contribution in [1.82, 2.24) is 9.97 Å². The SMILES string of the molecule is CC(C)(C)c1nc2cc(F)cc(N3CCCC3)c2c(=O)[nH]1. The van der Waals surface area contributed by atoms with Gasteiger partial charge in [-0.05, 0) is 18.9 Å². The predicted octanol–water partition coefficient (Wildman–Crippen LogP) is 2.96. The number of halogens is 1. The van der Waals surface area contributed by atoms with Crippen LogP contribution in [0.25, 0.3) is 10.9 Å². The van der Waals surface area contributed by atoms with Crippen molar-refractivity contribution in [2.75, 3.05) is 18.0 Å². The van der Waals surface area contributed by atoms with E-state index in [1.165, 1.54) is 12.1 Å². The van der Waals surface area contributed by atoms with Crippen LogP contribution >= 0.6 is 0 Å². The summed E-state index contributed by atoms with van der Waals surface area (Å²) in [7, 11) is 0. The molecule has 1 saturated heterocycles. The number of hydrogen-bond donors (Lipinski definition) is 1. The Labute approximate surface area is 123 Å².